The van der Waals surface area contributed by atoms with Crippen molar-refractivity contribution < 1.29 is 14.3 Å². The molecule has 0 radical (unpaired) electrons. The van der Waals surface area contributed by atoms with Crippen LogP contribution in [0.1, 0.15) is 5.56 Å². The summed E-state index contributed by atoms with van der Waals surface area (Å²) in [6.07, 6.45) is 1.40. The molecule has 3 nitrogen and oxygen atoms in total. The van der Waals surface area contributed by atoms with Crippen LogP contribution in [0.2, 0.25) is 5.02 Å². The third kappa shape index (κ3) is 1.80. The first-order valence-corrected chi connectivity index (χ1v) is 4.62. The molecule has 0 saturated carbocycles. The number of hydrogen-bond acceptors (Lipinski definition) is 1. The Morgan fingerprint density at radius 2 is 2.27 bits per heavy atom. The second kappa shape index (κ2) is 3.55. The molecule has 0 bridgehead atoms. The Morgan fingerprint density at radius 1 is 1.53 bits per heavy atom. The fourth-order valence-corrected chi connectivity index (χ4v) is 1.88. The van der Waals surface area contributed by atoms with Gasteiger partial charge in [-0.2, -0.15) is 0 Å². The minimum atomic E-state index is -0.948. The molecule has 78 valence electrons. The van der Waals surface area contributed by atoms with Crippen molar-refractivity contribution in [2.24, 2.45) is 0 Å². The van der Waals surface area contributed by atoms with Gasteiger partial charge in [0.1, 0.15) is 5.82 Å². The van der Waals surface area contributed by atoms with Crippen LogP contribution in [-0.2, 0) is 11.2 Å². The third-order valence-corrected chi connectivity index (χ3v) is 2.42. The number of aromatic amines is 1. The first-order chi connectivity index (χ1) is 7.08. The zero-order valence-electron chi connectivity index (χ0n) is 7.55. The normalized spacial score (nSPS) is 10.8. The largest absolute Gasteiger partial charge is 0.481 e. The molecule has 0 unspecified atom stereocenters. The van der Waals surface area contributed by atoms with E-state index in [2.05, 4.69) is 4.98 Å². The number of carbonyl (C=O) groups is 1. The predicted molar refractivity (Wildman–Crippen MR) is 54.6 cm³/mol. The maximum Gasteiger partial charge on any atom is 0.307 e. The van der Waals surface area contributed by atoms with Crippen LogP contribution in [0.5, 0.6) is 0 Å². The van der Waals surface area contributed by atoms with Crippen molar-refractivity contribution in [2.45, 2.75) is 6.42 Å². The highest BCUT2D eigenvalue weighted by atomic mass is 35.5. The summed E-state index contributed by atoms with van der Waals surface area (Å²) in [4.78, 5) is 13.3. The summed E-state index contributed by atoms with van der Waals surface area (Å²) >= 11 is 5.84. The van der Waals surface area contributed by atoms with Crippen LogP contribution in [0.25, 0.3) is 10.9 Å². The summed E-state index contributed by atoms with van der Waals surface area (Å²) in [5.41, 5.74) is 1.07. The molecule has 0 amide bonds. The quantitative estimate of drug-likeness (QED) is 0.829. The molecule has 1 heterocycles. The van der Waals surface area contributed by atoms with Crippen molar-refractivity contribution in [1.29, 1.82) is 0 Å². The topological polar surface area (TPSA) is 53.1 Å². The van der Waals surface area contributed by atoms with Gasteiger partial charge in [-0.1, -0.05) is 11.6 Å². The maximum atomic E-state index is 12.9. The van der Waals surface area contributed by atoms with Gasteiger partial charge >= 0.3 is 5.97 Å². The molecule has 0 atom stereocenters. The van der Waals surface area contributed by atoms with E-state index in [0.717, 1.165) is 0 Å². The number of benzene rings is 1. The maximum absolute atomic E-state index is 12.9. The smallest absolute Gasteiger partial charge is 0.307 e. The molecule has 2 N–H and O–H groups in total. The summed E-state index contributed by atoms with van der Waals surface area (Å²) in [5, 5.41) is 9.45. The lowest BCUT2D eigenvalue weighted by Gasteiger charge is -1.98. The van der Waals surface area contributed by atoms with Crippen molar-refractivity contribution in [2.75, 3.05) is 0 Å². The molecule has 2 rings (SSSR count). The monoisotopic (exact) mass is 227 g/mol. The van der Waals surface area contributed by atoms with Gasteiger partial charge < -0.3 is 10.1 Å². The van der Waals surface area contributed by atoms with E-state index >= 15 is 0 Å². The molecule has 0 aliphatic heterocycles. The molecular weight excluding hydrogens is 221 g/mol. The molecule has 2 aromatic rings. The van der Waals surface area contributed by atoms with E-state index in [9.17, 15) is 9.18 Å². The van der Waals surface area contributed by atoms with Gasteiger partial charge in [0.05, 0.1) is 17.0 Å². The van der Waals surface area contributed by atoms with Crippen molar-refractivity contribution in [3.63, 3.8) is 0 Å². The van der Waals surface area contributed by atoms with Crippen molar-refractivity contribution >= 4 is 28.5 Å². The Hall–Kier alpha value is -1.55. The fraction of sp³-hybridized carbons (Fsp3) is 0.100. The number of halogens is 2. The summed E-state index contributed by atoms with van der Waals surface area (Å²) in [5.74, 6) is -1.40. The van der Waals surface area contributed by atoms with Crippen LogP contribution < -0.4 is 0 Å². The lowest BCUT2D eigenvalue weighted by Crippen LogP contribution is -1.98. The standard InChI is InChI=1S/C10H7ClFNO2/c11-7-2-6(12)3-8-10(7)5(4-13-8)1-9(14)15/h2-4,13H,1H2,(H,14,15). The number of carboxylic acids is 1. The van der Waals surface area contributed by atoms with E-state index in [0.29, 0.717) is 16.5 Å². The van der Waals surface area contributed by atoms with Crippen LogP contribution >= 0.6 is 11.6 Å². The van der Waals surface area contributed by atoms with Crippen LogP contribution in [0.15, 0.2) is 18.3 Å². The van der Waals surface area contributed by atoms with Crippen LogP contribution in [0, 0.1) is 5.82 Å². The summed E-state index contributed by atoms with van der Waals surface area (Å²) in [7, 11) is 0. The Balaban J connectivity index is 2.63. The highest BCUT2D eigenvalue weighted by Crippen LogP contribution is 2.28. The third-order valence-electron chi connectivity index (χ3n) is 2.12. The number of nitrogens with one attached hydrogen (secondary N) is 1. The number of rotatable bonds is 2. The Labute approximate surface area is 89.5 Å². The van der Waals surface area contributed by atoms with E-state index < -0.39 is 11.8 Å². The van der Waals surface area contributed by atoms with Gasteiger partial charge in [-0.25, -0.2) is 4.39 Å². The second-order valence-corrected chi connectivity index (χ2v) is 3.60. The van der Waals surface area contributed by atoms with Crippen molar-refractivity contribution in [3.05, 3.63) is 34.7 Å². The highest BCUT2D eigenvalue weighted by Gasteiger charge is 2.11. The van der Waals surface area contributed by atoms with Gasteiger partial charge in [-0.05, 0) is 17.7 Å². The summed E-state index contributed by atoms with van der Waals surface area (Å²) in [6, 6.07) is 2.45. The van der Waals surface area contributed by atoms with Crippen LogP contribution in [0.4, 0.5) is 4.39 Å². The van der Waals surface area contributed by atoms with E-state index in [-0.39, 0.29) is 11.4 Å². The van der Waals surface area contributed by atoms with Gasteiger partial charge in [0, 0.05) is 11.6 Å². The number of aliphatic carboxylic acids is 1. The Kier molecular flexibility index (Phi) is 2.36. The first kappa shape index (κ1) is 9.98. The van der Waals surface area contributed by atoms with Crippen molar-refractivity contribution in [1.82, 2.24) is 4.98 Å². The van der Waals surface area contributed by atoms with Gasteiger partial charge in [-0.3, -0.25) is 4.79 Å². The zero-order valence-corrected chi connectivity index (χ0v) is 8.31. The molecule has 0 fully saturated rings. The summed E-state index contributed by atoms with van der Waals surface area (Å²) in [6.45, 7) is 0. The molecule has 1 aromatic carbocycles. The molecule has 15 heavy (non-hydrogen) atoms. The highest BCUT2D eigenvalue weighted by molar-refractivity contribution is 6.35. The fourth-order valence-electron chi connectivity index (χ4n) is 1.55. The molecule has 0 spiro atoms. The Morgan fingerprint density at radius 3 is 2.93 bits per heavy atom. The van der Waals surface area contributed by atoms with E-state index in [1.54, 1.807) is 0 Å². The number of hydrogen-bond donors (Lipinski definition) is 2. The number of H-pyrrole nitrogens is 1. The lowest BCUT2D eigenvalue weighted by molar-refractivity contribution is -0.136. The minimum absolute atomic E-state index is 0.134. The molecule has 5 heteroatoms. The lowest BCUT2D eigenvalue weighted by atomic mass is 10.1. The van der Waals surface area contributed by atoms with Crippen molar-refractivity contribution in [3.8, 4) is 0 Å². The molecule has 0 aliphatic rings. The molecular formula is C10H7ClFNO2. The van der Waals surface area contributed by atoms with Crippen LogP contribution in [0.3, 0.4) is 0 Å². The van der Waals surface area contributed by atoms with E-state index in [1.165, 1.54) is 18.3 Å². The average Bonchev–Trinajstić information content (AvgIpc) is 2.46. The predicted octanol–water partition coefficient (Wildman–Crippen LogP) is 2.59. The zero-order chi connectivity index (χ0) is 11.0. The number of carboxylic acid groups (broad SMARTS) is 1. The molecule has 0 aliphatic carbocycles. The molecule has 0 saturated heterocycles. The number of aromatic nitrogens is 1. The second-order valence-electron chi connectivity index (χ2n) is 3.19. The minimum Gasteiger partial charge on any atom is -0.481 e. The Bertz CT molecular complexity index is 535. The SMILES string of the molecule is O=C(O)Cc1c[nH]c2cc(F)cc(Cl)c12. The average molecular weight is 228 g/mol. The van der Waals surface area contributed by atoms with Crippen LogP contribution in [-0.4, -0.2) is 16.1 Å². The van der Waals surface area contributed by atoms with Gasteiger partial charge in [-0.15, -0.1) is 0 Å². The molecule has 1 aromatic heterocycles. The van der Waals surface area contributed by atoms with Gasteiger partial charge in [0.25, 0.3) is 0 Å². The van der Waals surface area contributed by atoms with Gasteiger partial charge in [0.2, 0.25) is 0 Å². The summed E-state index contributed by atoms with van der Waals surface area (Å²) < 4.78 is 12.9. The first-order valence-electron chi connectivity index (χ1n) is 4.24. The number of fused-ring (bicyclic) bond motifs is 1. The van der Waals surface area contributed by atoms with E-state index in [4.69, 9.17) is 16.7 Å². The van der Waals surface area contributed by atoms with Gasteiger partial charge in [0.15, 0.2) is 0 Å². The van der Waals surface area contributed by atoms with E-state index in [1.807, 2.05) is 0 Å².